The van der Waals surface area contributed by atoms with Crippen molar-refractivity contribution in [3.05, 3.63) is 58.1 Å². The molecule has 0 atom stereocenters. The lowest BCUT2D eigenvalue weighted by atomic mass is 10.1. The van der Waals surface area contributed by atoms with Crippen LogP contribution in [0.25, 0.3) is 0 Å². The zero-order valence-corrected chi connectivity index (χ0v) is 14.0. The van der Waals surface area contributed by atoms with Gasteiger partial charge in [0.1, 0.15) is 0 Å². The summed E-state index contributed by atoms with van der Waals surface area (Å²) in [7, 11) is 0. The van der Waals surface area contributed by atoms with Crippen molar-refractivity contribution < 1.29 is 0 Å². The molecule has 0 fully saturated rings. The molecular formula is C18H21BrN2. The molecule has 3 rings (SSSR count). The average Bonchev–Trinajstić information content (AvgIpc) is 2.93. The maximum absolute atomic E-state index is 3.72. The Labute approximate surface area is 135 Å². The molecule has 2 aromatic carbocycles. The predicted octanol–water partition coefficient (Wildman–Crippen LogP) is 4.64. The van der Waals surface area contributed by atoms with Gasteiger partial charge in [-0.05, 0) is 48.7 Å². The molecule has 0 saturated heterocycles. The van der Waals surface area contributed by atoms with Crippen molar-refractivity contribution in [2.45, 2.75) is 26.3 Å². The van der Waals surface area contributed by atoms with Gasteiger partial charge in [0.2, 0.25) is 0 Å². The highest BCUT2D eigenvalue weighted by Gasteiger charge is 2.20. The molecule has 0 radical (unpaired) electrons. The Bertz CT molecular complexity index is 624. The van der Waals surface area contributed by atoms with E-state index in [1.807, 2.05) is 0 Å². The molecule has 1 aliphatic heterocycles. The number of anilines is 2. The Balaban J connectivity index is 1.80. The molecule has 2 nitrogen and oxygen atoms in total. The van der Waals surface area contributed by atoms with Crippen LogP contribution in [0.1, 0.15) is 24.5 Å². The standard InChI is InChI=1S/C18H21BrN2/c1-2-10-20-13-15-7-8-16(12-17(15)19)21-11-9-14-5-3-4-6-18(14)21/h3-8,12,20H,2,9-11,13H2,1H3. The van der Waals surface area contributed by atoms with Crippen molar-refractivity contribution in [3.8, 4) is 0 Å². The SMILES string of the molecule is CCCNCc1ccc(N2CCc3ccccc32)cc1Br. The molecule has 0 unspecified atom stereocenters. The number of hydrogen-bond acceptors (Lipinski definition) is 2. The molecule has 0 saturated carbocycles. The van der Waals surface area contributed by atoms with Crippen molar-refractivity contribution >= 4 is 27.3 Å². The van der Waals surface area contributed by atoms with E-state index in [0.717, 1.165) is 26.1 Å². The van der Waals surface area contributed by atoms with Crippen LogP contribution in [0.5, 0.6) is 0 Å². The van der Waals surface area contributed by atoms with E-state index in [4.69, 9.17) is 0 Å². The van der Waals surface area contributed by atoms with Crippen LogP contribution in [-0.2, 0) is 13.0 Å². The van der Waals surface area contributed by atoms with E-state index >= 15 is 0 Å². The molecule has 1 N–H and O–H groups in total. The Morgan fingerprint density at radius 2 is 2.05 bits per heavy atom. The summed E-state index contributed by atoms with van der Waals surface area (Å²) < 4.78 is 1.19. The Hall–Kier alpha value is -1.32. The summed E-state index contributed by atoms with van der Waals surface area (Å²) >= 11 is 3.72. The van der Waals surface area contributed by atoms with Gasteiger partial charge in [-0.25, -0.2) is 0 Å². The minimum atomic E-state index is 0.922. The highest BCUT2D eigenvalue weighted by Crippen LogP contribution is 2.35. The van der Waals surface area contributed by atoms with Crippen LogP contribution < -0.4 is 10.2 Å². The van der Waals surface area contributed by atoms with Crippen LogP contribution in [0.15, 0.2) is 46.9 Å². The number of halogens is 1. The molecule has 0 spiro atoms. The summed E-state index contributed by atoms with van der Waals surface area (Å²) in [5.74, 6) is 0. The number of fused-ring (bicyclic) bond motifs is 1. The molecule has 2 aromatic rings. The number of nitrogens with one attached hydrogen (secondary N) is 1. The number of hydrogen-bond donors (Lipinski definition) is 1. The van der Waals surface area contributed by atoms with Gasteiger partial charge in [0.05, 0.1) is 0 Å². The van der Waals surface area contributed by atoms with E-state index in [1.165, 1.54) is 33.4 Å². The van der Waals surface area contributed by atoms with Crippen LogP contribution in [0.4, 0.5) is 11.4 Å². The monoisotopic (exact) mass is 344 g/mol. The molecule has 1 heterocycles. The average molecular weight is 345 g/mol. The predicted molar refractivity (Wildman–Crippen MR) is 93.3 cm³/mol. The number of benzene rings is 2. The van der Waals surface area contributed by atoms with Gasteiger partial charge in [0.15, 0.2) is 0 Å². The first kappa shape index (κ1) is 14.6. The normalized spacial score (nSPS) is 13.5. The first-order valence-corrected chi connectivity index (χ1v) is 8.43. The van der Waals surface area contributed by atoms with Crippen molar-refractivity contribution in [2.24, 2.45) is 0 Å². The van der Waals surface area contributed by atoms with Crippen molar-refractivity contribution in [2.75, 3.05) is 18.0 Å². The second kappa shape index (κ2) is 6.63. The molecule has 110 valence electrons. The van der Waals surface area contributed by atoms with E-state index < -0.39 is 0 Å². The van der Waals surface area contributed by atoms with Crippen molar-refractivity contribution in [3.63, 3.8) is 0 Å². The zero-order chi connectivity index (χ0) is 14.7. The van der Waals surface area contributed by atoms with Crippen molar-refractivity contribution in [1.29, 1.82) is 0 Å². The topological polar surface area (TPSA) is 15.3 Å². The largest absolute Gasteiger partial charge is 0.341 e. The molecule has 0 bridgehead atoms. The van der Waals surface area contributed by atoms with E-state index in [2.05, 4.69) is 75.5 Å². The number of rotatable bonds is 5. The Morgan fingerprint density at radius 3 is 2.86 bits per heavy atom. The van der Waals surface area contributed by atoms with Gasteiger partial charge in [-0.3, -0.25) is 0 Å². The van der Waals surface area contributed by atoms with Gasteiger partial charge >= 0.3 is 0 Å². The Kier molecular flexibility index (Phi) is 4.61. The van der Waals surface area contributed by atoms with Gasteiger partial charge in [0, 0.05) is 28.9 Å². The van der Waals surface area contributed by atoms with Crippen LogP contribution in [0.2, 0.25) is 0 Å². The summed E-state index contributed by atoms with van der Waals surface area (Å²) in [5.41, 5.74) is 5.38. The molecule has 1 aliphatic rings. The van der Waals surface area contributed by atoms with Gasteiger partial charge in [-0.15, -0.1) is 0 Å². The molecule has 0 aromatic heterocycles. The number of para-hydroxylation sites is 1. The Morgan fingerprint density at radius 1 is 1.19 bits per heavy atom. The smallest absolute Gasteiger partial charge is 0.0444 e. The van der Waals surface area contributed by atoms with Gasteiger partial charge in [-0.1, -0.05) is 47.1 Å². The minimum Gasteiger partial charge on any atom is -0.341 e. The minimum absolute atomic E-state index is 0.922. The van der Waals surface area contributed by atoms with Crippen LogP contribution in [0.3, 0.4) is 0 Å². The second-order valence-corrected chi connectivity index (χ2v) is 6.34. The molecule has 0 aliphatic carbocycles. The van der Waals surface area contributed by atoms with Crippen LogP contribution >= 0.6 is 15.9 Å². The van der Waals surface area contributed by atoms with E-state index in [0.29, 0.717) is 0 Å². The maximum atomic E-state index is 3.72. The lowest BCUT2D eigenvalue weighted by molar-refractivity contribution is 0.674. The summed E-state index contributed by atoms with van der Waals surface area (Å²) in [6.07, 6.45) is 2.30. The summed E-state index contributed by atoms with van der Waals surface area (Å²) in [4.78, 5) is 2.41. The third-order valence-electron chi connectivity index (χ3n) is 3.98. The maximum Gasteiger partial charge on any atom is 0.0444 e. The summed E-state index contributed by atoms with van der Waals surface area (Å²) in [6, 6.07) is 15.4. The molecule has 0 amide bonds. The van der Waals surface area contributed by atoms with Crippen molar-refractivity contribution in [1.82, 2.24) is 5.32 Å². The lowest BCUT2D eigenvalue weighted by Gasteiger charge is -2.20. The quantitative estimate of drug-likeness (QED) is 0.794. The van der Waals surface area contributed by atoms with Gasteiger partial charge < -0.3 is 10.2 Å². The van der Waals surface area contributed by atoms with E-state index in [1.54, 1.807) is 0 Å². The third kappa shape index (κ3) is 3.14. The third-order valence-corrected chi connectivity index (χ3v) is 4.72. The molecule has 3 heteroatoms. The van der Waals surface area contributed by atoms with E-state index in [-0.39, 0.29) is 0 Å². The summed E-state index contributed by atoms with van der Waals surface area (Å²) in [5, 5.41) is 3.45. The van der Waals surface area contributed by atoms with Gasteiger partial charge in [0.25, 0.3) is 0 Å². The lowest BCUT2D eigenvalue weighted by Crippen LogP contribution is -2.15. The first-order chi connectivity index (χ1) is 10.3. The zero-order valence-electron chi connectivity index (χ0n) is 12.4. The van der Waals surface area contributed by atoms with Crippen LogP contribution in [-0.4, -0.2) is 13.1 Å². The molecule has 21 heavy (non-hydrogen) atoms. The molecular weight excluding hydrogens is 324 g/mol. The fourth-order valence-electron chi connectivity index (χ4n) is 2.85. The second-order valence-electron chi connectivity index (χ2n) is 5.48. The first-order valence-electron chi connectivity index (χ1n) is 7.64. The van der Waals surface area contributed by atoms with Crippen LogP contribution in [0, 0.1) is 0 Å². The van der Waals surface area contributed by atoms with Gasteiger partial charge in [-0.2, -0.15) is 0 Å². The highest BCUT2D eigenvalue weighted by atomic mass is 79.9. The fraction of sp³-hybridized carbons (Fsp3) is 0.333. The fourth-order valence-corrected chi connectivity index (χ4v) is 3.36. The number of nitrogens with zero attached hydrogens (tertiary/aromatic N) is 1. The summed E-state index contributed by atoms with van der Waals surface area (Å²) in [6.45, 7) is 5.24. The van der Waals surface area contributed by atoms with E-state index in [9.17, 15) is 0 Å². The highest BCUT2D eigenvalue weighted by molar-refractivity contribution is 9.10.